The highest BCUT2D eigenvalue weighted by molar-refractivity contribution is 5.20. The van der Waals surface area contributed by atoms with Gasteiger partial charge in [0, 0.05) is 5.92 Å². The van der Waals surface area contributed by atoms with E-state index >= 15 is 0 Å². The van der Waals surface area contributed by atoms with Crippen molar-refractivity contribution in [1.82, 2.24) is 0 Å². The van der Waals surface area contributed by atoms with Gasteiger partial charge in [-0.25, -0.2) is 0 Å². The van der Waals surface area contributed by atoms with Gasteiger partial charge >= 0.3 is 0 Å². The van der Waals surface area contributed by atoms with Gasteiger partial charge in [-0.05, 0) is 63.7 Å². The van der Waals surface area contributed by atoms with Gasteiger partial charge in [-0.15, -0.1) is 0 Å². The van der Waals surface area contributed by atoms with Gasteiger partial charge in [-0.2, -0.15) is 0 Å². The highest BCUT2D eigenvalue weighted by Crippen LogP contribution is 2.54. The van der Waals surface area contributed by atoms with Crippen LogP contribution in [0.1, 0.15) is 59.8 Å². The number of aliphatic hydroxyl groups is 1. The van der Waals surface area contributed by atoms with Crippen LogP contribution in [0.3, 0.4) is 0 Å². The highest BCUT2D eigenvalue weighted by Gasteiger charge is 2.56. The van der Waals surface area contributed by atoms with Crippen LogP contribution < -0.4 is 0 Å². The van der Waals surface area contributed by atoms with Gasteiger partial charge in [0.2, 0.25) is 0 Å². The van der Waals surface area contributed by atoms with Gasteiger partial charge in [0.25, 0.3) is 0 Å². The maximum Gasteiger partial charge on any atom is 0.0901 e. The van der Waals surface area contributed by atoms with Crippen LogP contribution >= 0.6 is 0 Å². The average Bonchev–Trinajstić information content (AvgIpc) is 2.80. The lowest BCUT2D eigenvalue weighted by Crippen LogP contribution is -2.48. The predicted molar refractivity (Wildman–Crippen MR) is 90.6 cm³/mol. The molecule has 0 aromatic carbocycles. The van der Waals surface area contributed by atoms with Crippen molar-refractivity contribution in [1.29, 1.82) is 0 Å². The van der Waals surface area contributed by atoms with Crippen molar-refractivity contribution in [2.24, 2.45) is 23.7 Å². The van der Waals surface area contributed by atoms with Crippen molar-refractivity contribution < 1.29 is 9.84 Å². The Bertz CT molecular complexity index is 474. The summed E-state index contributed by atoms with van der Waals surface area (Å²) in [5.41, 5.74) is 2.03. The summed E-state index contributed by atoms with van der Waals surface area (Å²) in [4.78, 5) is 0. The minimum Gasteiger partial charge on any atom is -0.387 e. The van der Waals surface area contributed by atoms with Gasteiger partial charge in [0.05, 0.1) is 17.8 Å². The van der Waals surface area contributed by atoms with E-state index < -0.39 is 5.60 Å². The van der Waals surface area contributed by atoms with Crippen molar-refractivity contribution in [3.63, 3.8) is 0 Å². The Morgan fingerprint density at radius 1 is 1.41 bits per heavy atom. The Morgan fingerprint density at radius 3 is 2.82 bits per heavy atom. The second kappa shape index (κ2) is 5.79. The van der Waals surface area contributed by atoms with E-state index in [1.807, 2.05) is 6.92 Å². The van der Waals surface area contributed by atoms with Gasteiger partial charge in [0.1, 0.15) is 0 Å². The second-order valence-corrected chi connectivity index (χ2v) is 8.45. The molecular weight excluding hydrogens is 272 g/mol. The first-order chi connectivity index (χ1) is 10.3. The van der Waals surface area contributed by atoms with E-state index in [1.165, 1.54) is 17.6 Å². The van der Waals surface area contributed by atoms with Crippen molar-refractivity contribution in [2.45, 2.75) is 77.6 Å². The topological polar surface area (TPSA) is 29.5 Å². The zero-order chi connectivity index (χ0) is 16.1. The number of allylic oxidation sites excluding steroid dienone is 1. The van der Waals surface area contributed by atoms with E-state index in [2.05, 4.69) is 33.4 Å². The molecule has 2 aliphatic heterocycles. The molecule has 0 aromatic rings. The largest absolute Gasteiger partial charge is 0.387 e. The van der Waals surface area contributed by atoms with Crippen molar-refractivity contribution in [3.8, 4) is 0 Å². The Kier molecular flexibility index (Phi) is 4.28. The van der Waals surface area contributed by atoms with Crippen LogP contribution in [0.2, 0.25) is 0 Å². The van der Waals surface area contributed by atoms with E-state index in [0.29, 0.717) is 23.7 Å². The summed E-state index contributed by atoms with van der Waals surface area (Å²) in [5, 5.41) is 11.1. The third kappa shape index (κ3) is 2.69. The fraction of sp³-hybridized carbons (Fsp3) is 0.800. The fourth-order valence-electron chi connectivity index (χ4n) is 5.20. The minimum absolute atomic E-state index is 0.0359. The average molecular weight is 304 g/mol. The Labute approximate surface area is 135 Å². The molecule has 1 saturated heterocycles. The van der Waals surface area contributed by atoms with Crippen LogP contribution in [0.5, 0.6) is 0 Å². The molecule has 1 N–H and O–H groups in total. The molecule has 0 amide bonds. The van der Waals surface area contributed by atoms with Gasteiger partial charge < -0.3 is 9.84 Å². The summed E-state index contributed by atoms with van der Waals surface area (Å²) in [6.45, 7) is 13.2. The maximum atomic E-state index is 11.1. The minimum atomic E-state index is -0.733. The molecule has 0 unspecified atom stereocenters. The summed E-state index contributed by atoms with van der Waals surface area (Å²) in [5.74, 6) is 2.15. The summed E-state index contributed by atoms with van der Waals surface area (Å²) in [6.07, 6.45) is 7.54. The van der Waals surface area contributed by atoms with E-state index in [9.17, 15) is 5.11 Å². The summed E-state index contributed by atoms with van der Waals surface area (Å²) in [7, 11) is 0. The Hall–Kier alpha value is -0.600. The van der Waals surface area contributed by atoms with E-state index in [-0.39, 0.29) is 12.2 Å². The highest BCUT2D eigenvalue weighted by atomic mass is 16.5. The predicted octanol–water partition coefficient (Wildman–Crippen LogP) is 4.49. The standard InChI is InChI=1S/C20H32O2/c1-12(2)15-9-8-14(4)17-16-11-13(3)7-6-10-20(5,21)19(22-16)18(15)17/h7,12,15-19,21H,4,6,8-11H2,1-3,5H3/b13-7-/t15-,16-,17-,18-,19-,20+/m1/s1. The first-order valence-corrected chi connectivity index (χ1v) is 9.02. The molecule has 22 heavy (non-hydrogen) atoms. The second-order valence-electron chi connectivity index (χ2n) is 8.45. The first kappa shape index (κ1) is 16.3. The van der Waals surface area contributed by atoms with Crippen LogP contribution in [-0.2, 0) is 4.74 Å². The van der Waals surface area contributed by atoms with E-state index in [0.717, 1.165) is 25.7 Å². The molecule has 2 bridgehead atoms. The van der Waals surface area contributed by atoms with Crippen LogP contribution in [0.15, 0.2) is 23.8 Å². The third-order valence-electron chi connectivity index (χ3n) is 6.39. The smallest absolute Gasteiger partial charge is 0.0901 e. The van der Waals surface area contributed by atoms with Crippen molar-refractivity contribution in [2.75, 3.05) is 0 Å². The van der Waals surface area contributed by atoms with Crippen molar-refractivity contribution >= 4 is 0 Å². The Morgan fingerprint density at radius 2 is 2.14 bits per heavy atom. The molecule has 0 radical (unpaired) electrons. The molecular formula is C20H32O2. The molecule has 6 atom stereocenters. The summed E-state index contributed by atoms with van der Waals surface area (Å²) in [6, 6.07) is 0. The number of hydrogen-bond donors (Lipinski definition) is 1. The molecule has 2 heteroatoms. The quantitative estimate of drug-likeness (QED) is 0.723. The van der Waals surface area contributed by atoms with Crippen LogP contribution in [0.25, 0.3) is 0 Å². The fourth-order valence-corrected chi connectivity index (χ4v) is 5.20. The SMILES string of the molecule is C=C1CC[C@H](C(C)C)[C@@H]2[C@H]1[C@H]1C/C(C)=C\CC[C@](C)(O)[C@@H]2O1. The number of ether oxygens (including phenoxy) is 1. The summed E-state index contributed by atoms with van der Waals surface area (Å²) < 4.78 is 6.51. The van der Waals surface area contributed by atoms with Gasteiger partial charge in [0.15, 0.2) is 0 Å². The molecule has 3 aliphatic rings. The van der Waals surface area contributed by atoms with E-state index in [1.54, 1.807) is 0 Å². The molecule has 2 fully saturated rings. The van der Waals surface area contributed by atoms with Gasteiger partial charge in [-0.1, -0.05) is 37.6 Å². The van der Waals surface area contributed by atoms with Gasteiger partial charge in [-0.3, -0.25) is 0 Å². The summed E-state index contributed by atoms with van der Waals surface area (Å²) >= 11 is 0. The number of rotatable bonds is 1. The maximum absolute atomic E-state index is 11.1. The molecule has 124 valence electrons. The van der Waals surface area contributed by atoms with Crippen LogP contribution in [-0.4, -0.2) is 22.9 Å². The molecule has 0 spiro atoms. The molecule has 2 heterocycles. The molecule has 2 nitrogen and oxygen atoms in total. The molecule has 1 aliphatic carbocycles. The monoisotopic (exact) mass is 304 g/mol. The van der Waals surface area contributed by atoms with Crippen molar-refractivity contribution in [3.05, 3.63) is 23.8 Å². The molecule has 1 saturated carbocycles. The third-order valence-corrected chi connectivity index (χ3v) is 6.39. The molecule has 0 aromatic heterocycles. The lowest BCUT2D eigenvalue weighted by atomic mass is 9.61. The normalized spacial score (nSPS) is 48.2. The lowest BCUT2D eigenvalue weighted by Gasteiger charge is -2.43. The zero-order valence-electron chi connectivity index (χ0n) is 14.6. The van der Waals surface area contributed by atoms with Crippen LogP contribution in [0, 0.1) is 23.7 Å². The lowest BCUT2D eigenvalue weighted by molar-refractivity contribution is -0.116. The zero-order valence-corrected chi connectivity index (χ0v) is 14.6. The molecule has 3 rings (SSSR count). The van der Waals surface area contributed by atoms with Crippen LogP contribution in [0.4, 0.5) is 0 Å². The number of hydrogen-bond acceptors (Lipinski definition) is 2. The first-order valence-electron chi connectivity index (χ1n) is 9.02. The number of fused-ring (bicyclic) bond motifs is 5. The van der Waals surface area contributed by atoms with E-state index in [4.69, 9.17) is 4.74 Å². The Balaban J connectivity index is 2.02.